The van der Waals surface area contributed by atoms with E-state index in [1.807, 2.05) is 26.0 Å². The molecule has 0 saturated carbocycles. The fourth-order valence-electron chi connectivity index (χ4n) is 2.04. The van der Waals surface area contributed by atoms with E-state index in [0.717, 1.165) is 11.1 Å². The maximum absolute atomic E-state index is 12.3. The Bertz CT molecular complexity index is 849. The first-order valence-electron chi connectivity index (χ1n) is 7.35. The van der Waals surface area contributed by atoms with Crippen LogP contribution in [-0.4, -0.2) is 20.4 Å². The highest BCUT2D eigenvalue weighted by Crippen LogP contribution is 2.16. The average molecular weight is 367 g/mol. The van der Waals surface area contributed by atoms with Gasteiger partial charge in [0.05, 0.1) is 10.9 Å². The number of carbonyl (C=O) groups is 1. The fraction of sp³-hybridized carbons (Fsp3) is 0.235. The molecule has 0 spiro atoms. The summed E-state index contributed by atoms with van der Waals surface area (Å²) < 4.78 is 26.9. The van der Waals surface area contributed by atoms with E-state index in [2.05, 4.69) is 10.0 Å². The molecule has 0 heterocycles. The van der Waals surface area contributed by atoms with Gasteiger partial charge in [-0.3, -0.25) is 4.79 Å². The van der Waals surface area contributed by atoms with E-state index < -0.39 is 22.0 Å². The SMILES string of the molecule is Cc1ccc(NC(=O)[C@H](C)NS(=O)(=O)c2ccc(Cl)cc2)cc1C. The molecule has 24 heavy (non-hydrogen) atoms. The minimum Gasteiger partial charge on any atom is -0.325 e. The molecule has 2 aromatic carbocycles. The number of hydrogen-bond acceptors (Lipinski definition) is 3. The second kappa shape index (κ2) is 7.34. The lowest BCUT2D eigenvalue weighted by atomic mass is 10.1. The largest absolute Gasteiger partial charge is 0.325 e. The summed E-state index contributed by atoms with van der Waals surface area (Å²) in [7, 11) is -3.80. The predicted octanol–water partition coefficient (Wildman–Crippen LogP) is 3.26. The second-order valence-electron chi connectivity index (χ2n) is 5.59. The molecule has 128 valence electrons. The van der Waals surface area contributed by atoms with Gasteiger partial charge in [-0.1, -0.05) is 17.7 Å². The minimum atomic E-state index is -3.80. The van der Waals surface area contributed by atoms with Crippen LogP contribution in [0.2, 0.25) is 5.02 Å². The van der Waals surface area contributed by atoms with Crippen LogP contribution in [0.4, 0.5) is 5.69 Å². The van der Waals surface area contributed by atoms with Crippen LogP contribution in [-0.2, 0) is 14.8 Å². The van der Waals surface area contributed by atoms with Crippen molar-refractivity contribution in [3.63, 3.8) is 0 Å². The molecule has 0 bridgehead atoms. The predicted molar refractivity (Wildman–Crippen MR) is 95.8 cm³/mol. The third-order valence-corrected chi connectivity index (χ3v) is 5.43. The van der Waals surface area contributed by atoms with Crippen molar-refractivity contribution in [3.05, 3.63) is 58.6 Å². The Labute approximate surface area is 147 Å². The minimum absolute atomic E-state index is 0.0535. The van der Waals surface area contributed by atoms with Crippen molar-refractivity contribution in [3.8, 4) is 0 Å². The molecule has 0 fully saturated rings. The van der Waals surface area contributed by atoms with Crippen molar-refractivity contribution >= 4 is 33.2 Å². The topological polar surface area (TPSA) is 75.3 Å². The molecular formula is C17H19ClN2O3S. The third kappa shape index (κ3) is 4.56. The van der Waals surface area contributed by atoms with E-state index in [9.17, 15) is 13.2 Å². The van der Waals surface area contributed by atoms with Gasteiger partial charge < -0.3 is 5.32 Å². The van der Waals surface area contributed by atoms with Crippen LogP contribution >= 0.6 is 11.6 Å². The van der Waals surface area contributed by atoms with Crippen LogP contribution in [0.3, 0.4) is 0 Å². The van der Waals surface area contributed by atoms with E-state index in [-0.39, 0.29) is 4.90 Å². The van der Waals surface area contributed by atoms with Gasteiger partial charge in [0.15, 0.2) is 0 Å². The third-order valence-electron chi connectivity index (χ3n) is 3.62. The van der Waals surface area contributed by atoms with E-state index in [4.69, 9.17) is 11.6 Å². The second-order valence-corrected chi connectivity index (χ2v) is 7.74. The number of carbonyl (C=O) groups excluding carboxylic acids is 1. The van der Waals surface area contributed by atoms with Gasteiger partial charge in [-0.05, 0) is 68.3 Å². The molecule has 0 aliphatic carbocycles. The zero-order chi connectivity index (χ0) is 17.9. The highest BCUT2D eigenvalue weighted by atomic mass is 35.5. The van der Waals surface area contributed by atoms with E-state index in [0.29, 0.717) is 10.7 Å². The van der Waals surface area contributed by atoms with Crippen molar-refractivity contribution < 1.29 is 13.2 Å². The van der Waals surface area contributed by atoms with Crippen LogP contribution in [0, 0.1) is 13.8 Å². The number of sulfonamides is 1. The smallest absolute Gasteiger partial charge is 0.242 e. The highest BCUT2D eigenvalue weighted by Gasteiger charge is 2.22. The van der Waals surface area contributed by atoms with Crippen LogP contribution < -0.4 is 10.0 Å². The van der Waals surface area contributed by atoms with Gasteiger partial charge >= 0.3 is 0 Å². The lowest BCUT2D eigenvalue weighted by molar-refractivity contribution is -0.117. The molecule has 7 heteroatoms. The van der Waals surface area contributed by atoms with Gasteiger partial charge in [-0.25, -0.2) is 8.42 Å². The Kier molecular flexibility index (Phi) is 5.64. The summed E-state index contributed by atoms with van der Waals surface area (Å²) in [5.41, 5.74) is 2.78. The Morgan fingerprint density at radius 3 is 2.25 bits per heavy atom. The van der Waals surface area contributed by atoms with Crippen molar-refractivity contribution in [2.45, 2.75) is 31.7 Å². The first-order valence-corrected chi connectivity index (χ1v) is 9.21. The number of hydrogen-bond donors (Lipinski definition) is 2. The zero-order valence-electron chi connectivity index (χ0n) is 13.6. The highest BCUT2D eigenvalue weighted by molar-refractivity contribution is 7.89. The molecule has 2 aromatic rings. The zero-order valence-corrected chi connectivity index (χ0v) is 15.2. The Balaban J connectivity index is 2.07. The molecule has 0 aliphatic heterocycles. The Hall–Kier alpha value is -1.89. The summed E-state index contributed by atoms with van der Waals surface area (Å²) in [5, 5.41) is 3.15. The lowest BCUT2D eigenvalue weighted by Crippen LogP contribution is -2.41. The summed E-state index contributed by atoms with van der Waals surface area (Å²) >= 11 is 5.75. The number of nitrogens with one attached hydrogen (secondary N) is 2. The number of benzene rings is 2. The molecule has 0 aromatic heterocycles. The van der Waals surface area contributed by atoms with Gasteiger partial charge in [0, 0.05) is 10.7 Å². The van der Waals surface area contributed by atoms with E-state index in [1.165, 1.54) is 31.2 Å². The normalized spacial score (nSPS) is 12.7. The number of aryl methyl sites for hydroxylation is 2. The standard InChI is InChI=1S/C17H19ClN2O3S/c1-11-4-7-15(10-12(11)2)19-17(21)13(3)20-24(22,23)16-8-5-14(18)6-9-16/h4-10,13,20H,1-3H3,(H,19,21)/t13-/m0/s1. The molecule has 0 radical (unpaired) electrons. The number of rotatable bonds is 5. The van der Waals surface area contributed by atoms with Crippen molar-refractivity contribution in [1.82, 2.24) is 4.72 Å². The molecule has 0 aliphatic rings. The average Bonchev–Trinajstić information content (AvgIpc) is 2.51. The molecule has 1 atom stereocenters. The lowest BCUT2D eigenvalue weighted by Gasteiger charge is -2.15. The van der Waals surface area contributed by atoms with Crippen LogP contribution in [0.1, 0.15) is 18.1 Å². The molecule has 0 unspecified atom stereocenters. The van der Waals surface area contributed by atoms with Crippen molar-refractivity contribution in [2.75, 3.05) is 5.32 Å². The monoisotopic (exact) mass is 366 g/mol. The summed E-state index contributed by atoms with van der Waals surface area (Å²) in [6, 6.07) is 10.3. The maximum atomic E-state index is 12.3. The summed E-state index contributed by atoms with van der Waals surface area (Å²) in [4.78, 5) is 12.3. The molecule has 5 nitrogen and oxygen atoms in total. The van der Waals surface area contributed by atoms with Gasteiger partial charge in [0.25, 0.3) is 0 Å². The van der Waals surface area contributed by atoms with E-state index in [1.54, 1.807) is 6.07 Å². The Morgan fingerprint density at radius 1 is 1.04 bits per heavy atom. The van der Waals surface area contributed by atoms with Crippen molar-refractivity contribution in [2.24, 2.45) is 0 Å². The molecular weight excluding hydrogens is 348 g/mol. The fourth-order valence-corrected chi connectivity index (χ4v) is 3.37. The molecule has 1 amide bonds. The summed E-state index contributed by atoms with van der Waals surface area (Å²) in [6.07, 6.45) is 0. The number of amides is 1. The quantitative estimate of drug-likeness (QED) is 0.852. The molecule has 0 saturated heterocycles. The summed E-state index contributed by atoms with van der Waals surface area (Å²) in [5.74, 6) is -0.434. The van der Waals surface area contributed by atoms with Crippen LogP contribution in [0.15, 0.2) is 47.4 Å². The van der Waals surface area contributed by atoms with Crippen LogP contribution in [0.25, 0.3) is 0 Å². The van der Waals surface area contributed by atoms with E-state index >= 15 is 0 Å². The Morgan fingerprint density at radius 2 is 1.67 bits per heavy atom. The number of anilines is 1. The van der Waals surface area contributed by atoms with Gasteiger partial charge in [-0.15, -0.1) is 0 Å². The first kappa shape index (κ1) is 18.4. The van der Waals surface area contributed by atoms with Gasteiger partial charge in [0.1, 0.15) is 0 Å². The van der Waals surface area contributed by atoms with Gasteiger partial charge in [0.2, 0.25) is 15.9 Å². The maximum Gasteiger partial charge on any atom is 0.242 e. The molecule has 2 N–H and O–H groups in total. The van der Waals surface area contributed by atoms with Gasteiger partial charge in [-0.2, -0.15) is 4.72 Å². The van der Waals surface area contributed by atoms with Crippen LogP contribution in [0.5, 0.6) is 0 Å². The first-order chi connectivity index (χ1) is 11.2. The summed E-state index contributed by atoms with van der Waals surface area (Å²) in [6.45, 7) is 5.41. The molecule has 2 rings (SSSR count). The van der Waals surface area contributed by atoms with Crippen molar-refractivity contribution in [1.29, 1.82) is 0 Å². The number of halogens is 1.